The number of amides is 2. The van der Waals surface area contributed by atoms with Gasteiger partial charge in [-0.2, -0.15) is 5.06 Å². The molecule has 0 atom stereocenters. The van der Waals surface area contributed by atoms with Crippen LogP contribution in [0.25, 0.3) is 22.4 Å². The number of phenols is 1. The van der Waals surface area contributed by atoms with Crippen molar-refractivity contribution >= 4 is 24.1 Å². The summed E-state index contributed by atoms with van der Waals surface area (Å²) in [5.41, 5.74) is 4.22. The molecule has 4 rings (SSSR count). The number of halogens is 1. The fourth-order valence-corrected chi connectivity index (χ4v) is 4.02. The second-order valence-electron chi connectivity index (χ2n) is 8.17. The van der Waals surface area contributed by atoms with Gasteiger partial charge in [-0.15, -0.1) is 12.4 Å². The van der Waals surface area contributed by atoms with Crippen LogP contribution in [0.4, 0.5) is 10.5 Å². The number of aromatic hydroxyl groups is 1. The second kappa shape index (κ2) is 13.4. The van der Waals surface area contributed by atoms with Crippen molar-refractivity contribution in [1.29, 1.82) is 0 Å². The van der Waals surface area contributed by atoms with Gasteiger partial charge in [-0.05, 0) is 53.9 Å². The Labute approximate surface area is 232 Å². The van der Waals surface area contributed by atoms with E-state index < -0.39 is 6.03 Å². The van der Waals surface area contributed by atoms with Crippen molar-refractivity contribution in [3.63, 3.8) is 0 Å². The maximum absolute atomic E-state index is 12.9. The number of carbonyl (C=O) groups is 1. The summed E-state index contributed by atoms with van der Waals surface area (Å²) in [6.45, 7) is 0.389. The topological polar surface area (TPSA) is 116 Å². The SMILES string of the molecule is COc1cc(-c2nocc2-c2cccc(N(OC)C(=O)NCCc3ccc(O)cc3)c2)cc(OC)c1OC.Cl. The number of carbonyl (C=O) groups excluding carboxylic acids is 1. The number of phenolic OH excluding ortho intramolecular Hbond substituents is 1. The lowest BCUT2D eigenvalue weighted by Gasteiger charge is -2.21. The Kier molecular flexibility index (Phi) is 10.0. The molecule has 0 bridgehead atoms. The molecule has 2 amide bonds. The lowest BCUT2D eigenvalue weighted by atomic mass is 10.0. The molecule has 39 heavy (non-hydrogen) atoms. The number of nitrogens with one attached hydrogen (secondary N) is 1. The summed E-state index contributed by atoms with van der Waals surface area (Å²) >= 11 is 0. The van der Waals surface area contributed by atoms with Gasteiger partial charge in [0.05, 0.1) is 34.1 Å². The Balaban J connectivity index is 0.00000420. The van der Waals surface area contributed by atoms with Crippen LogP contribution in [0, 0.1) is 0 Å². The molecule has 10 nitrogen and oxygen atoms in total. The van der Waals surface area contributed by atoms with E-state index in [0.717, 1.165) is 11.1 Å². The fourth-order valence-electron chi connectivity index (χ4n) is 4.02. The van der Waals surface area contributed by atoms with Crippen molar-refractivity contribution in [2.45, 2.75) is 6.42 Å². The van der Waals surface area contributed by atoms with Crippen LogP contribution in [0.3, 0.4) is 0 Å². The lowest BCUT2D eigenvalue weighted by molar-refractivity contribution is 0.163. The summed E-state index contributed by atoms with van der Waals surface area (Å²) in [5.74, 6) is 1.64. The van der Waals surface area contributed by atoms with E-state index in [2.05, 4.69) is 10.5 Å². The molecule has 2 N–H and O–H groups in total. The molecule has 0 saturated heterocycles. The molecule has 4 aromatic rings. The number of methoxy groups -OCH3 is 3. The number of rotatable bonds is 10. The first-order valence-electron chi connectivity index (χ1n) is 11.7. The number of hydrogen-bond acceptors (Lipinski definition) is 8. The van der Waals surface area contributed by atoms with Crippen molar-refractivity contribution < 1.29 is 33.5 Å². The molecule has 1 heterocycles. The average Bonchev–Trinajstić information content (AvgIpc) is 3.44. The minimum atomic E-state index is -0.418. The van der Waals surface area contributed by atoms with Crippen molar-refractivity contribution in [3.8, 4) is 45.4 Å². The monoisotopic (exact) mass is 555 g/mol. The van der Waals surface area contributed by atoms with E-state index in [9.17, 15) is 9.90 Å². The van der Waals surface area contributed by atoms with Gasteiger partial charge < -0.3 is 29.2 Å². The maximum Gasteiger partial charge on any atom is 0.346 e. The predicted molar refractivity (Wildman–Crippen MR) is 149 cm³/mol. The van der Waals surface area contributed by atoms with E-state index in [0.29, 0.717) is 52.7 Å². The van der Waals surface area contributed by atoms with Gasteiger partial charge in [0.2, 0.25) is 5.75 Å². The second-order valence-corrected chi connectivity index (χ2v) is 8.17. The molecule has 11 heteroatoms. The van der Waals surface area contributed by atoms with Gasteiger partial charge in [-0.1, -0.05) is 29.4 Å². The molecule has 3 aromatic carbocycles. The quantitative estimate of drug-likeness (QED) is 0.247. The molecule has 1 aromatic heterocycles. The van der Waals surface area contributed by atoms with Crippen LogP contribution in [0.15, 0.2) is 71.4 Å². The van der Waals surface area contributed by atoms with E-state index in [1.807, 2.05) is 24.3 Å². The molecule has 0 saturated carbocycles. The highest BCUT2D eigenvalue weighted by Crippen LogP contribution is 2.43. The molecule has 0 aliphatic heterocycles. The number of aromatic nitrogens is 1. The van der Waals surface area contributed by atoms with Gasteiger partial charge in [0.15, 0.2) is 11.5 Å². The number of urea groups is 1. The summed E-state index contributed by atoms with van der Waals surface area (Å²) in [6.07, 6.45) is 2.13. The molecule has 0 aliphatic rings. The lowest BCUT2D eigenvalue weighted by Crippen LogP contribution is -2.40. The van der Waals surface area contributed by atoms with Crippen LogP contribution in [-0.4, -0.2) is 51.3 Å². The summed E-state index contributed by atoms with van der Waals surface area (Å²) in [7, 11) is 6.05. The van der Waals surface area contributed by atoms with Gasteiger partial charge in [0.25, 0.3) is 0 Å². The number of hydroxylamine groups is 1. The Bertz CT molecular complexity index is 1370. The van der Waals surface area contributed by atoms with Crippen molar-refractivity contribution in [1.82, 2.24) is 10.5 Å². The van der Waals surface area contributed by atoms with Crippen molar-refractivity contribution in [2.24, 2.45) is 0 Å². The third-order valence-electron chi connectivity index (χ3n) is 5.89. The third kappa shape index (κ3) is 6.54. The van der Waals surface area contributed by atoms with Crippen LogP contribution in [0.2, 0.25) is 0 Å². The molecule has 0 aliphatic carbocycles. The van der Waals surface area contributed by atoms with Crippen molar-refractivity contribution in [2.75, 3.05) is 40.0 Å². The highest BCUT2D eigenvalue weighted by molar-refractivity contribution is 5.91. The first kappa shape index (κ1) is 29.2. The minimum Gasteiger partial charge on any atom is -0.508 e. The Hall–Kier alpha value is -4.41. The van der Waals surface area contributed by atoms with Gasteiger partial charge in [-0.3, -0.25) is 4.84 Å². The number of benzene rings is 3. The fraction of sp³-hybridized carbons (Fsp3) is 0.214. The number of hydrogen-bond donors (Lipinski definition) is 2. The first-order chi connectivity index (χ1) is 18.5. The van der Waals surface area contributed by atoms with E-state index in [4.69, 9.17) is 23.6 Å². The van der Waals surface area contributed by atoms with Crippen LogP contribution in [0.1, 0.15) is 5.56 Å². The number of ether oxygens (including phenoxy) is 3. The van der Waals surface area contributed by atoms with Gasteiger partial charge in [0, 0.05) is 17.7 Å². The Morgan fingerprint density at radius 2 is 1.64 bits per heavy atom. The highest BCUT2D eigenvalue weighted by Gasteiger charge is 2.21. The normalized spacial score (nSPS) is 10.4. The summed E-state index contributed by atoms with van der Waals surface area (Å²) < 4.78 is 21.7. The van der Waals surface area contributed by atoms with Crippen LogP contribution in [0.5, 0.6) is 23.0 Å². The summed E-state index contributed by atoms with van der Waals surface area (Å²) in [6, 6.07) is 17.3. The predicted octanol–water partition coefficient (Wildman–Crippen LogP) is 5.48. The minimum absolute atomic E-state index is 0. The molecule has 206 valence electrons. The molecule has 0 unspecified atom stereocenters. The van der Waals surface area contributed by atoms with Crippen LogP contribution in [-0.2, 0) is 11.3 Å². The number of anilines is 1. The van der Waals surface area contributed by atoms with E-state index >= 15 is 0 Å². The van der Waals surface area contributed by atoms with E-state index in [-0.39, 0.29) is 18.2 Å². The van der Waals surface area contributed by atoms with Gasteiger partial charge in [-0.25, -0.2) is 4.79 Å². The summed E-state index contributed by atoms with van der Waals surface area (Å²) in [4.78, 5) is 18.3. The maximum atomic E-state index is 12.9. The van der Waals surface area contributed by atoms with Crippen LogP contribution >= 0.6 is 12.4 Å². The standard InChI is InChI=1S/C28H29N3O7.ClH/c1-34-24-15-20(16-25(35-2)27(24)36-3)26-23(17-38-30-26)19-6-5-7-21(14-19)31(37-4)28(33)29-13-12-18-8-10-22(32)11-9-18;/h5-11,14-17,32H,12-13H2,1-4H3,(H,29,33);1H. The summed E-state index contributed by atoms with van der Waals surface area (Å²) in [5, 5.41) is 17.7. The zero-order valence-electron chi connectivity index (χ0n) is 22.0. The Morgan fingerprint density at radius 1 is 0.949 bits per heavy atom. The Morgan fingerprint density at radius 3 is 2.26 bits per heavy atom. The third-order valence-corrected chi connectivity index (χ3v) is 5.89. The molecular weight excluding hydrogens is 526 g/mol. The van der Waals surface area contributed by atoms with E-state index in [1.54, 1.807) is 50.6 Å². The zero-order valence-corrected chi connectivity index (χ0v) is 22.8. The van der Waals surface area contributed by atoms with Gasteiger partial charge >= 0.3 is 6.03 Å². The van der Waals surface area contributed by atoms with E-state index in [1.165, 1.54) is 25.5 Å². The first-order valence-corrected chi connectivity index (χ1v) is 11.7. The number of nitrogens with zero attached hydrogens (tertiary/aromatic N) is 2. The molecular formula is C28H30ClN3O7. The molecule has 0 radical (unpaired) electrons. The average molecular weight is 556 g/mol. The van der Waals surface area contributed by atoms with Crippen molar-refractivity contribution in [3.05, 3.63) is 72.5 Å². The zero-order chi connectivity index (χ0) is 27.1. The van der Waals surface area contributed by atoms with Crippen LogP contribution < -0.4 is 24.6 Å². The molecule has 0 fully saturated rings. The molecule has 0 spiro atoms. The largest absolute Gasteiger partial charge is 0.508 e. The highest BCUT2D eigenvalue weighted by atomic mass is 35.5. The van der Waals surface area contributed by atoms with Gasteiger partial charge in [0.1, 0.15) is 17.7 Å². The smallest absolute Gasteiger partial charge is 0.346 e.